The first-order chi connectivity index (χ1) is 18.4. The van der Waals surface area contributed by atoms with Crippen LogP contribution in [-0.2, 0) is 23.9 Å². The lowest BCUT2D eigenvalue weighted by atomic mass is 9.66. The number of thioether (sulfide) groups is 1. The molecule has 4 rings (SSSR count). The lowest BCUT2D eigenvalue weighted by Gasteiger charge is -2.52. The third kappa shape index (κ3) is 6.27. The van der Waals surface area contributed by atoms with E-state index < -0.39 is 17.4 Å². The number of unbranched alkanes of at least 4 members (excludes halogenated alkanes) is 5. The summed E-state index contributed by atoms with van der Waals surface area (Å²) in [7, 11) is 1.42. The lowest BCUT2D eigenvalue weighted by Crippen LogP contribution is -2.61. The van der Waals surface area contributed by atoms with Crippen molar-refractivity contribution in [2.45, 2.75) is 103 Å². The molecule has 4 aliphatic rings. The number of carbonyl (C=O) groups excluding carboxylic acids is 3. The number of esters is 1. The second kappa shape index (κ2) is 13.7. The van der Waals surface area contributed by atoms with Crippen molar-refractivity contribution in [1.29, 1.82) is 0 Å². The van der Waals surface area contributed by atoms with E-state index in [1.54, 1.807) is 0 Å². The van der Waals surface area contributed by atoms with E-state index in [-0.39, 0.29) is 36.7 Å². The quantitative estimate of drug-likeness (QED) is 0.262. The van der Waals surface area contributed by atoms with Crippen LogP contribution in [0.4, 0.5) is 0 Å². The summed E-state index contributed by atoms with van der Waals surface area (Å²) in [5.41, 5.74) is -0.292. The van der Waals surface area contributed by atoms with Gasteiger partial charge in [-0.25, -0.2) is 0 Å². The third-order valence-electron chi connectivity index (χ3n) is 9.24. The fraction of sp³-hybridized carbons (Fsp3) is 0.833. The molecule has 3 aliphatic heterocycles. The van der Waals surface area contributed by atoms with E-state index in [1.807, 2.05) is 28.5 Å². The molecule has 0 unspecified atom stereocenters. The van der Waals surface area contributed by atoms with Crippen molar-refractivity contribution >= 4 is 29.5 Å². The zero-order valence-corrected chi connectivity index (χ0v) is 24.6. The maximum absolute atomic E-state index is 14.1. The van der Waals surface area contributed by atoms with Crippen LogP contribution < -0.4 is 0 Å². The molecule has 7 nitrogen and oxygen atoms in total. The minimum atomic E-state index is -1.07. The first-order valence-corrected chi connectivity index (χ1v) is 16.2. The Kier molecular flexibility index (Phi) is 10.6. The second-order valence-electron chi connectivity index (χ2n) is 11.7. The molecular weight excluding hydrogens is 500 g/mol. The van der Waals surface area contributed by atoms with Gasteiger partial charge in [0.1, 0.15) is 5.41 Å². The van der Waals surface area contributed by atoms with Gasteiger partial charge in [-0.2, -0.15) is 11.8 Å². The van der Waals surface area contributed by atoms with Crippen molar-refractivity contribution in [3.63, 3.8) is 0 Å². The summed E-state index contributed by atoms with van der Waals surface area (Å²) in [6.07, 6.45) is 13.3. The number of piperidine rings is 1. The fourth-order valence-electron chi connectivity index (χ4n) is 6.98. The Morgan fingerprint density at radius 1 is 1.11 bits per heavy atom. The summed E-state index contributed by atoms with van der Waals surface area (Å²) in [5, 5.41) is 0. The van der Waals surface area contributed by atoms with Crippen molar-refractivity contribution in [2.75, 3.05) is 38.2 Å². The molecular formula is C30H48N2O5S. The highest BCUT2D eigenvalue weighted by molar-refractivity contribution is 7.99. The van der Waals surface area contributed by atoms with Gasteiger partial charge in [0.15, 0.2) is 0 Å². The normalized spacial score (nSPS) is 30.2. The average Bonchev–Trinajstić information content (AvgIpc) is 3.48. The monoisotopic (exact) mass is 548 g/mol. The number of hydrogen-bond donors (Lipinski definition) is 0. The van der Waals surface area contributed by atoms with Gasteiger partial charge in [-0.1, -0.05) is 51.9 Å². The Morgan fingerprint density at radius 3 is 2.47 bits per heavy atom. The number of ether oxygens (including phenoxy) is 2. The highest BCUT2D eigenvalue weighted by atomic mass is 32.2. The number of fused-ring (bicyclic) bond motifs is 1. The Hall–Kier alpha value is -1.54. The molecule has 0 aromatic rings. The van der Waals surface area contributed by atoms with Crippen LogP contribution in [0.25, 0.3) is 0 Å². The number of likely N-dealkylation sites (tertiary alicyclic amines) is 1. The van der Waals surface area contributed by atoms with Gasteiger partial charge < -0.3 is 19.3 Å². The van der Waals surface area contributed by atoms with Crippen molar-refractivity contribution in [2.24, 2.45) is 17.3 Å². The minimum Gasteiger partial charge on any atom is -0.468 e. The van der Waals surface area contributed by atoms with Crippen LogP contribution in [0.2, 0.25) is 0 Å². The Morgan fingerprint density at radius 2 is 1.79 bits per heavy atom. The Balaban J connectivity index is 1.62. The molecule has 0 radical (unpaired) electrons. The number of hydrogen-bond acceptors (Lipinski definition) is 6. The van der Waals surface area contributed by atoms with Crippen molar-refractivity contribution in [3.8, 4) is 0 Å². The zero-order valence-electron chi connectivity index (χ0n) is 23.8. The molecule has 1 aliphatic carbocycles. The number of carbonyl (C=O) groups is 3. The van der Waals surface area contributed by atoms with Gasteiger partial charge in [0, 0.05) is 49.2 Å². The summed E-state index contributed by atoms with van der Waals surface area (Å²) in [6, 6.07) is 0. The van der Waals surface area contributed by atoms with Gasteiger partial charge in [-0.3, -0.25) is 14.4 Å². The highest BCUT2D eigenvalue weighted by Gasteiger charge is 2.60. The predicted molar refractivity (Wildman–Crippen MR) is 151 cm³/mol. The fourth-order valence-corrected chi connectivity index (χ4v) is 7.89. The molecule has 2 saturated heterocycles. The standard InChI is InChI=1S/C30H48N2O5S/c1-4-5-6-7-8-11-14-32-26-20-25(23-12-9-10-13-23)37-22(2)30(26,29(35)36-3)21-24(28(32)34)19-27(33)31-15-17-38-18-16-31/h20,22-25H,4-19,21H2,1-3H3/t22-,24+,25-,30+/m1/s1. The van der Waals surface area contributed by atoms with Gasteiger partial charge in [0.2, 0.25) is 11.8 Å². The van der Waals surface area contributed by atoms with Crippen LogP contribution >= 0.6 is 11.8 Å². The first-order valence-electron chi connectivity index (χ1n) is 15.1. The zero-order chi connectivity index (χ0) is 27.1. The Bertz CT molecular complexity index is 867. The predicted octanol–water partition coefficient (Wildman–Crippen LogP) is 5.18. The van der Waals surface area contributed by atoms with Gasteiger partial charge in [-0.15, -0.1) is 0 Å². The maximum atomic E-state index is 14.1. The van der Waals surface area contributed by atoms with E-state index in [0.717, 1.165) is 62.4 Å². The molecule has 3 heterocycles. The van der Waals surface area contributed by atoms with E-state index in [9.17, 15) is 14.4 Å². The summed E-state index contributed by atoms with van der Waals surface area (Å²) in [6.45, 7) is 6.20. The number of nitrogens with zero attached hydrogens (tertiary/aromatic N) is 2. The average molecular weight is 549 g/mol. The SMILES string of the molecule is CCCCCCCCN1C(=O)[C@@H](CC(=O)N2CCSCC2)C[C@@]2(C(=O)OC)C1=C[C@H](C1CCCC1)O[C@@H]2C. The van der Waals surface area contributed by atoms with E-state index >= 15 is 0 Å². The molecule has 0 aromatic heterocycles. The van der Waals surface area contributed by atoms with Crippen molar-refractivity contribution < 1.29 is 23.9 Å². The molecule has 1 saturated carbocycles. The molecule has 0 spiro atoms. The summed E-state index contributed by atoms with van der Waals surface area (Å²) in [4.78, 5) is 44.7. The van der Waals surface area contributed by atoms with Crippen LogP contribution in [0, 0.1) is 17.3 Å². The molecule has 3 fully saturated rings. The van der Waals surface area contributed by atoms with Crippen LogP contribution in [0.1, 0.15) is 90.9 Å². The van der Waals surface area contributed by atoms with Gasteiger partial charge in [-0.05, 0) is 44.6 Å². The molecule has 4 atom stereocenters. The van der Waals surface area contributed by atoms with Crippen LogP contribution in [0.15, 0.2) is 11.8 Å². The molecule has 0 aromatic carbocycles. The van der Waals surface area contributed by atoms with E-state index in [1.165, 1.54) is 39.2 Å². The topological polar surface area (TPSA) is 76.2 Å². The van der Waals surface area contributed by atoms with Crippen LogP contribution in [0.5, 0.6) is 0 Å². The minimum absolute atomic E-state index is 0.0108. The van der Waals surface area contributed by atoms with Gasteiger partial charge in [0.05, 0.1) is 19.3 Å². The van der Waals surface area contributed by atoms with E-state index in [4.69, 9.17) is 9.47 Å². The molecule has 0 bridgehead atoms. The highest BCUT2D eigenvalue weighted by Crippen LogP contribution is 2.52. The summed E-state index contributed by atoms with van der Waals surface area (Å²) in [5.74, 6) is 1.38. The largest absolute Gasteiger partial charge is 0.468 e. The number of amides is 2. The molecule has 8 heteroatoms. The lowest BCUT2D eigenvalue weighted by molar-refractivity contribution is -0.178. The van der Waals surface area contributed by atoms with Crippen LogP contribution in [0.3, 0.4) is 0 Å². The van der Waals surface area contributed by atoms with Gasteiger partial charge in [0.25, 0.3) is 0 Å². The number of rotatable bonds is 11. The molecule has 38 heavy (non-hydrogen) atoms. The smallest absolute Gasteiger partial charge is 0.320 e. The molecule has 214 valence electrons. The number of methoxy groups -OCH3 is 1. The second-order valence-corrected chi connectivity index (χ2v) is 12.9. The summed E-state index contributed by atoms with van der Waals surface area (Å²) >= 11 is 1.86. The van der Waals surface area contributed by atoms with Crippen molar-refractivity contribution in [3.05, 3.63) is 11.8 Å². The van der Waals surface area contributed by atoms with Crippen molar-refractivity contribution in [1.82, 2.24) is 9.80 Å². The summed E-state index contributed by atoms with van der Waals surface area (Å²) < 4.78 is 12.0. The molecule has 2 amide bonds. The third-order valence-corrected chi connectivity index (χ3v) is 10.2. The first kappa shape index (κ1) is 29.4. The van der Waals surface area contributed by atoms with E-state index in [2.05, 4.69) is 13.0 Å². The maximum Gasteiger partial charge on any atom is 0.320 e. The van der Waals surface area contributed by atoms with Gasteiger partial charge >= 0.3 is 5.97 Å². The molecule has 0 N–H and O–H groups in total. The Labute approximate surface area is 233 Å². The van der Waals surface area contributed by atoms with E-state index in [0.29, 0.717) is 12.5 Å². The van der Waals surface area contributed by atoms with Crippen LogP contribution in [-0.4, -0.2) is 78.0 Å².